The number of hydrogen-bond acceptors (Lipinski definition) is 8. The molecule has 50 heavy (non-hydrogen) atoms. The van der Waals surface area contributed by atoms with Crippen molar-refractivity contribution >= 4 is 52.5 Å². The van der Waals surface area contributed by atoms with E-state index in [1.807, 2.05) is 11.0 Å². The molecule has 11 nitrogen and oxygen atoms in total. The third-order valence-electron chi connectivity index (χ3n) is 9.10. The Bertz CT molecular complexity index is 1940. The fourth-order valence-electron chi connectivity index (χ4n) is 6.89. The molecule has 15 heteroatoms. The van der Waals surface area contributed by atoms with Crippen LogP contribution < -0.4 is 14.7 Å². The number of hydrogen-bond donors (Lipinski definition) is 0. The Labute approximate surface area is 290 Å². The Kier molecular flexibility index (Phi) is 9.16. The molecule has 3 amide bonds. The molecule has 5 heterocycles. The lowest BCUT2D eigenvalue weighted by Crippen LogP contribution is -2.52. The number of aryl methyl sites for hydroxylation is 1. The van der Waals surface area contributed by atoms with Crippen molar-refractivity contribution in [2.45, 2.75) is 44.7 Å². The second kappa shape index (κ2) is 13.2. The minimum atomic E-state index is -4.69. The van der Waals surface area contributed by atoms with E-state index in [1.165, 1.54) is 29.8 Å². The summed E-state index contributed by atoms with van der Waals surface area (Å²) >= 11 is 6.78. The zero-order valence-electron chi connectivity index (χ0n) is 27.1. The van der Waals surface area contributed by atoms with Crippen LogP contribution in [0.3, 0.4) is 0 Å². The molecule has 3 atom stereocenters. The Morgan fingerprint density at radius 3 is 2.60 bits per heavy atom. The number of halogens is 4. The summed E-state index contributed by atoms with van der Waals surface area (Å²) in [6.07, 6.45) is -0.974. The predicted molar refractivity (Wildman–Crippen MR) is 178 cm³/mol. The Morgan fingerprint density at radius 1 is 1.14 bits per heavy atom. The second-order valence-corrected chi connectivity index (χ2v) is 12.7. The van der Waals surface area contributed by atoms with E-state index >= 15 is 0 Å². The van der Waals surface area contributed by atoms with Gasteiger partial charge in [-0.15, -0.1) is 0 Å². The molecule has 6 rings (SSSR count). The zero-order chi connectivity index (χ0) is 36.1. The van der Waals surface area contributed by atoms with E-state index in [2.05, 4.69) is 23.1 Å². The van der Waals surface area contributed by atoms with Crippen molar-refractivity contribution in [3.63, 3.8) is 0 Å². The summed E-state index contributed by atoms with van der Waals surface area (Å²) in [5.74, 6) is -2.92. The molecule has 1 saturated heterocycles. The highest BCUT2D eigenvalue weighted by Crippen LogP contribution is 2.44. The number of rotatable bonds is 7. The van der Waals surface area contributed by atoms with E-state index in [1.54, 1.807) is 24.4 Å². The van der Waals surface area contributed by atoms with E-state index in [4.69, 9.17) is 16.3 Å². The highest BCUT2D eigenvalue weighted by atomic mass is 35.5. The van der Waals surface area contributed by atoms with Crippen molar-refractivity contribution in [3.05, 3.63) is 101 Å². The number of ether oxygens (including phenoxy) is 1. The highest BCUT2D eigenvalue weighted by Gasteiger charge is 2.49. The molecule has 0 radical (unpaired) electrons. The van der Waals surface area contributed by atoms with Gasteiger partial charge in [0.15, 0.2) is 0 Å². The number of para-hydroxylation sites is 1. The van der Waals surface area contributed by atoms with Crippen molar-refractivity contribution in [3.8, 4) is 0 Å². The molecule has 3 aliphatic rings. The van der Waals surface area contributed by atoms with Crippen LogP contribution in [0.1, 0.15) is 40.5 Å². The number of anilines is 3. The lowest BCUT2D eigenvalue weighted by Gasteiger charge is -2.39. The molecule has 260 valence electrons. The first-order valence-corrected chi connectivity index (χ1v) is 16.0. The number of benzene rings is 1. The number of pyridine rings is 2. The third-order valence-corrected chi connectivity index (χ3v) is 9.40. The van der Waals surface area contributed by atoms with Crippen molar-refractivity contribution in [2.75, 3.05) is 34.9 Å². The lowest BCUT2D eigenvalue weighted by molar-refractivity contribution is -0.142. The normalized spacial score (nSPS) is 20.2. The molecule has 0 saturated carbocycles. The molecule has 3 aromatic rings. The number of carbonyl (C=O) groups excluding carboxylic acids is 4. The van der Waals surface area contributed by atoms with Crippen LogP contribution in [-0.4, -0.2) is 64.8 Å². The van der Waals surface area contributed by atoms with Gasteiger partial charge >= 0.3 is 12.1 Å². The van der Waals surface area contributed by atoms with E-state index in [0.717, 1.165) is 28.7 Å². The number of nitrogens with zero attached hydrogens (tertiary/aromatic N) is 6. The van der Waals surface area contributed by atoms with Crippen molar-refractivity contribution < 1.29 is 37.1 Å². The smallest absolute Gasteiger partial charge is 0.416 e. The average Bonchev–Trinajstić information content (AvgIpc) is 3.60. The van der Waals surface area contributed by atoms with Gasteiger partial charge in [0.1, 0.15) is 24.5 Å². The first kappa shape index (κ1) is 34.6. The van der Waals surface area contributed by atoms with Gasteiger partial charge < -0.3 is 19.4 Å². The molecule has 0 aliphatic carbocycles. The maximum atomic E-state index is 14.1. The van der Waals surface area contributed by atoms with E-state index < -0.39 is 47.5 Å². The molecule has 2 aromatic heterocycles. The summed E-state index contributed by atoms with van der Waals surface area (Å²) in [6.45, 7) is 8.78. The summed E-state index contributed by atoms with van der Waals surface area (Å²) in [4.78, 5) is 67.0. The number of likely N-dealkylation sites (N-methyl/N-ethyl adjacent to an activating group) is 1. The monoisotopic (exact) mass is 708 g/mol. The topological polar surface area (TPSA) is 116 Å². The first-order chi connectivity index (χ1) is 23.7. The number of alkyl halides is 3. The van der Waals surface area contributed by atoms with Crippen LogP contribution in [0.4, 0.5) is 30.4 Å². The standard InChI is InChI=1S/C35H32ClF3N6O5/c1-5-28(46)44-17-21-11-20(14-40-31(21)26(44)18-50-30(48)6-2)15-43-16-22-12-29(47)45(27-13-23(35(37,38)39)10-19(3)41-27)32(22)34(49)42(4)25-9-7-8-24(36)33(25)43/h5-11,13-14,22,26,32H,1-2,12,15-18H2,3-4H3/t22-,26+,32+/m1/s1. The number of amides is 3. The van der Waals surface area contributed by atoms with Gasteiger partial charge in [-0.1, -0.05) is 30.8 Å². The van der Waals surface area contributed by atoms with Crippen LogP contribution >= 0.6 is 11.6 Å². The molecule has 0 spiro atoms. The van der Waals surface area contributed by atoms with Crippen LogP contribution in [-0.2, 0) is 43.2 Å². The largest absolute Gasteiger partial charge is 0.460 e. The average molecular weight is 709 g/mol. The van der Waals surface area contributed by atoms with E-state index in [0.29, 0.717) is 27.7 Å². The van der Waals surface area contributed by atoms with Crippen LogP contribution in [0.2, 0.25) is 5.02 Å². The van der Waals surface area contributed by atoms with E-state index in [-0.39, 0.29) is 50.1 Å². The molecule has 0 N–H and O–H groups in total. The number of esters is 1. The van der Waals surface area contributed by atoms with Gasteiger partial charge in [-0.2, -0.15) is 13.2 Å². The summed E-state index contributed by atoms with van der Waals surface area (Å²) < 4.78 is 46.6. The molecular formula is C35H32ClF3N6O5. The van der Waals surface area contributed by atoms with Gasteiger partial charge in [-0.05, 0) is 54.5 Å². The molecule has 0 unspecified atom stereocenters. The van der Waals surface area contributed by atoms with Crippen LogP contribution in [0.15, 0.2) is 67.9 Å². The SMILES string of the molecule is C=CC(=O)OC[C@H]1c2ncc(CN3C[C@H]4CC(=O)N(c5cc(C(F)(F)F)cc(C)n5)[C@@H]4C(=O)N(C)c4cccc(Cl)c43)cc2CN1C(=O)C=C. The molecule has 1 aromatic carbocycles. The number of aromatic nitrogens is 2. The maximum Gasteiger partial charge on any atom is 0.416 e. The fourth-order valence-corrected chi connectivity index (χ4v) is 7.18. The summed E-state index contributed by atoms with van der Waals surface area (Å²) in [5.41, 5.74) is 2.04. The van der Waals surface area contributed by atoms with Crippen molar-refractivity contribution in [2.24, 2.45) is 5.92 Å². The van der Waals surface area contributed by atoms with Gasteiger partial charge in [0.2, 0.25) is 17.7 Å². The van der Waals surface area contributed by atoms with Crippen molar-refractivity contribution in [1.82, 2.24) is 14.9 Å². The Hall–Kier alpha value is -5.24. The first-order valence-electron chi connectivity index (χ1n) is 15.6. The molecular weight excluding hydrogens is 677 g/mol. The molecule has 1 fully saturated rings. The Morgan fingerprint density at radius 2 is 1.90 bits per heavy atom. The van der Waals surface area contributed by atoms with Crippen LogP contribution in [0.5, 0.6) is 0 Å². The van der Waals surface area contributed by atoms with E-state index in [9.17, 15) is 32.3 Å². The minimum absolute atomic E-state index is 0.0510. The molecule has 3 aliphatic heterocycles. The van der Waals surface area contributed by atoms with Gasteiger partial charge in [0.25, 0.3) is 0 Å². The maximum absolute atomic E-state index is 14.1. The van der Waals surface area contributed by atoms with Crippen LogP contribution in [0, 0.1) is 12.8 Å². The van der Waals surface area contributed by atoms with Gasteiger partial charge in [-0.25, -0.2) is 9.78 Å². The third kappa shape index (κ3) is 6.30. The summed E-state index contributed by atoms with van der Waals surface area (Å²) in [6, 6.07) is 6.84. The van der Waals surface area contributed by atoms with Gasteiger partial charge in [0.05, 0.1) is 27.7 Å². The predicted octanol–water partition coefficient (Wildman–Crippen LogP) is 5.16. The van der Waals surface area contributed by atoms with Crippen molar-refractivity contribution in [1.29, 1.82) is 0 Å². The van der Waals surface area contributed by atoms with Gasteiger partial charge in [0, 0.05) is 57.0 Å². The summed E-state index contributed by atoms with van der Waals surface area (Å²) in [5, 5.41) is 0.345. The number of carbonyl (C=O) groups is 4. The fraction of sp³-hybridized carbons (Fsp3) is 0.314. The van der Waals surface area contributed by atoms with Gasteiger partial charge in [-0.3, -0.25) is 24.3 Å². The highest BCUT2D eigenvalue weighted by molar-refractivity contribution is 6.34. The number of fused-ring (bicyclic) bond motifs is 3. The zero-order valence-corrected chi connectivity index (χ0v) is 27.9. The van der Waals surface area contributed by atoms with Crippen LogP contribution in [0.25, 0.3) is 0 Å². The quantitative estimate of drug-likeness (QED) is 0.244. The summed E-state index contributed by atoms with van der Waals surface area (Å²) in [7, 11) is 1.53. The Balaban J connectivity index is 1.37. The minimum Gasteiger partial charge on any atom is -0.460 e. The molecule has 0 bridgehead atoms. The lowest BCUT2D eigenvalue weighted by atomic mass is 9.95. The second-order valence-electron chi connectivity index (χ2n) is 12.3.